The van der Waals surface area contributed by atoms with Crippen molar-refractivity contribution < 1.29 is 181 Å². The number of aromatic nitrogens is 12. The normalized spacial score (nSPS) is 39.9. The van der Waals surface area contributed by atoms with Gasteiger partial charge in [0.25, 0.3) is 16.7 Å². The molecule has 548 valence electrons. The Kier molecular flexibility index (Phi) is 17.6. The van der Waals surface area contributed by atoms with Crippen molar-refractivity contribution in [2.24, 2.45) is 0 Å². The quantitative estimate of drug-likeness (QED) is 0.0315. The third-order valence-electron chi connectivity index (χ3n) is 13.6. The third kappa shape index (κ3) is 13.3. The van der Waals surface area contributed by atoms with Gasteiger partial charge in [0, 0.05) is 0 Å². The molecule has 6 unspecified atom stereocenters. The molecule has 11 aliphatic heterocycles. The molecule has 0 amide bonds. The Morgan fingerprint density at radius 3 is 1.15 bits per heavy atom. The lowest BCUT2D eigenvalue weighted by Gasteiger charge is -2.40. The van der Waals surface area contributed by atoms with E-state index >= 15 is 0 Å². The molecular weight excluding hydrogens is 1580 g/mol. The number of phosphoric acid groups is 9. The molecule has 18 atom stereocenters. The second-order valence-corrected chi connectivity index (χ2v) is 34.9. The number of aliphatic hydroxyl groups is 6. The Bertz CT molecular complexity index is 4970. The summed E-state index contributed by atoms with van der Waals surface area (Å²) in [6, 6.07) is 0. The van der Waals surface area contributed by atoms with Gasteiger partial charge in [0.05, 0.1) is 38.8 Å². The first-order valence-electron chi connectivity index (χ1n) is 26.3. The lowest BCUT2D eigenvalue weighted by Crippen LogP contribution is -2.38. The summed E-state index contributed by atoms with van der Waals surface area (Å²) in [6.07, 6.45) is -21.1. The lowest BCUT2D eigenvalue weighted by atomic mass is 10.1. The number of ether oxygens (including phenoxy) is 3. The average molecular weight is 1610 g/mol. The third-order valence-corrected chi connectivity index (χ3v) is 28.6. The van der Waals surface area contributed by atoms with Crippen molar-refractivity contribution in [3.05, 3.63) is 50.0 Å². The maximum absolute atomic E-state index is 14.9. The van der Waals surface area contributed by atoms with Gasteiger partial charge in [-0.1, -0.05) is 0 Å². The molecule has 6 aromatic rings. The molecule has 0 spiro atoms. The topological polar surface area (TPSA) is 778 Å². The number of imidazole rings is 3. The van der Waals surface area contributed by atoms with Crippen LogP contribution in [0.3, 0.4) is 0 Å². The van der Waals surface area contributed by atoms with Crippen LogP contribution in [0.4, 0.5) is 17.8 Å². The highest BCUT2D eigenvalue weighted by Gasteiger charge is 2.68. The molecule has 61 nitrogen and oxygen atoms in total. The summed E-state index contributed by atoms with van der Waals surface area (Å²) in [7, 11) is -52.8. The minimum atomic E-state index is -6.56. The van der Waals surface area contributed by atoms with Gasteiger partial charge in [-0.3, -0.25) is 56.6 Å². The van der Waals surface area contributed by atoms with Gasteiger partial charge in [-0.05, 0) is 0 Å². The van der Waals surface area contributed by atoms with Gasteiger partial charge in [-0.25, -0.2) is 56.0 Å². The van der Waals surface area contributed by atoms with Crippen LogP contribution < -0.4 is 33.9 Å². The standard InChI is InChI=1S/C30H36N19O42P9/c31-28-37-19-10(22(56)40-28)34-4-43(19)25-16(53)13(50)7(71-25)1-68-92(59)74-46(75-93(60,87-99(66)84-48-79-96(63,80-48)90-99)69-2-8-14(51)17(54)26(72-8)44-5-35-11-20(44)38-29(32)41-23(11)57)83-98(65,86-92)89-95(62)77-47(78-95)76-94(61,88-100(67)85-49-81-97(64,82-49)91-100)70-3-9-15(52)18(55)27(73-9)45-6-36-12-21(45)39-30(33)42-24(12)58/h4-9,13-18,25-27,50-55H,1-3H2,(H3,31,37,40,56)(H3,32,38,41,57)(H3,33,39,42,58)/t7-,8-,9-,13-,14-,15-,16-,17-,18-,25-,26-,27-,92?,93?,94?,98?,99?,100?/m1/s1. The highest BCUT2D eigenvalue weighted by molar-refractivity contribution is 7.70. The Balaban J connectivity index is 0.692. The Morgan fingerprint density at radius 2 is 0.790 bits per heavy atom. The van der Waals surface area contributed by atoms with E-state index in [4.69, 9.17) is 90.0 Å². The first kappa shape index (κ1) is 70.8. The second kappa shape index (κ2) is 24.9. The molecule has 11 fully saturated rings. The van der Waals surface area contributed by atoms with E-state index in [9.17, 15) is 86.1 Å². The summed E-state index contributed by atoms with van der Waals surface area (Å²) < 4.78 is 245. The van der Waals surface area contributed by atoms with E-state index in [-0.39, 0.29) is 44.3 Å². The van der Waals surface area contributed by atoms with Crippen LogP contribution in [-0.4, -0.2) is 186 Å². The average Bonchev–Trinajstić information content (AvgIpc) is 1.23. The SMILES string of the molecule is Nc1nc2c(ncn2[C@@H]2O[C@H](COP3(=O)ON(OP(=O)(OC[C@H]4O[C@@H](n5cnc6c(=O)[nH]c(N)nc65)[C@H](O)[C@@H]4O)OP4(=O)ON5OP(=O)(O5)O4)OP(=O)(OP4(=O)ON(OP(=O)(OC[C@H]5O[C@@H](n6cnc7c(=O)[nH]c(N)nc76)[C@H](O)[C@@H]5O)OP5(=O)ON6OP(=O)(O6)O5)O4)O3)[C@@H](O)[C@H]2O)c(=O)[nH]1. The fourth-order valence-corrected chi connectivity index (χ4v) is 23.0. The number of anilines is 3. The van der Waals surface area contributed by atoms with Crippen LogP contribution in [0.1, 0.15) is 18.7 Å². The molecule has 11 aliphatic rings. The summed E-state index contributed by atoms with van der Waals surface area (Å²) in [4.78, 5) is 67.3. The summed E-state index contributed by atoms with van der Waals surface area (Å²) in [5.41, 5.74) is 12.3. The van der Waals surface area contributed by atoms with Crippen LogP contribution in [0.15, 0.2) is 33.4 Å². The minimum Gasteiger partial charge on any atom is -0.387 e. The molecule has 11 saturated heterocycles. The van der Waals surface area contributed by atoms with E-state index in [1.807, 2.05) is 0 Å². The molecule has 17 heterocycles. The first-order chi connectivity index (χ1) is 46.9. The number of fused-ring (bicyclic) bond motifs is 7. The van der Waals surface area contributed by atoms with Gasteiger partial charge in [-0.2, -0.15) is 40.8 Å². The number of aromatic amines is 3. The van der Waals surface area contributed by atoms with E-state index in [0.29, 0.717) is 0 Å². The van der Waals surface area contributed by atoms with Crippen molar-refractivity contribution in [1.29, 1.82) is 0 Å². The van der Waals surface area contributed by atoms with Crippen LogP contribution >= 0.6 is 70.4 Å². The largest absolute Gasteiger partial charge is 0.524 e. The fraction of sp³-hybridized carbons (Fsp3) is 0.500. The van der Waals surface area contributed by atoms with Crippen LogP contribution in [0.2, 0.25) is 0 Å². The number of nitrogens with two attached hydrogens (primary N) is 3. The number of nitrogens with zero attached hydrogens (tertiary/aromatic N) is 13. The van der Waals surface area contributed by atoms with E-state index in [2.05, 4.69) is 81.2 Å². The van der Waals surface area contributed by atoms with Crippen molar-refractivity contribution in [3.8, 4) is 0 Å². The summed E-state index contributed by atoms with van der Waals surface area (Å²) in [5.74, 6) is -1.36. The lowest BCUT2D eigenvalue weighted by molar-refractivity contribution is -0.497. The van der Waals surface area contributed by atoms with Gasteiger partial charge in [0.1, 0.15) is 76.5 Å². The van der Waals surface area contributed by atoms with E-state index in [1.54, 1.807) is 0 Å². The molecular formula is C30H36N19O42P9. The van der Waals surface area contributed by atoms with Gasteiger partial charge in [0.2, 0.25) is 17.8 Å². The molecule has 4 bridgehead atoms. The number of rotatable bonds is 22. The molecule has 0 aliphatic carbocycles. The first-order valence-corrected chi connectivity index (χ1v) is 39.4. The van der Waals surface area contributed by atoms with Crippen molar-refractivity contribution >= 4 is 122 Å². The Hall–Kier alpha value is -4.84. The number of aliphatic hydroxyl groups excluding tert-OH is 6. The van der Waals surface area contributed by atoms with Gasteiger partial charge in [-0.15, -0.1) is 55.5 Å². The molecule has 0 aromatic carbocycles. The second-order valence-electron chi connectivity index (χ2n) is 20.2. The number of nitrogens with one attached hydrogen (secondary N) is 3. The number of nitrogen functional groups attached to an aromatic ring is 3. The van der Waals surface area contributed by atoms with Crippen LogP contribution in [-0.2, 0) is 150 Å². The molecule has 17 rings (SSSR count). The van der Waals surface area contributed by atoms with E-state index in [0.717, 1.165) is 32.7 Å². The Labute approximate surface area is 542 Å². The smallest absolute Gasteiger partial charge is 0.387 e. The van der Waals surface area contributed by atoms with Crippen molar-refractivity contribution in [2.75, 3.05) is 37.0 Å². The van der Waals surface area contributed by atoms with Crippen molar-refractivity contribution in [3.63, 3.8) is 0 Å². The highest BCUT2D eigenvalue weighted by Crippen LogP contribution is 2.84. The molecule has 0 radical (unpaired) electrons. The zero-order valence-corrected chi connectivity index (χ0v) is 55.3. The predicted octanol–water partition coefficient (Wildman–Crippen LogP) is -2.42. The summed E-state index contributed by atoms with van der Waals surface area (Å²) >= 11 is 0. The monoisotopic (exact) mass is 1610 g/mol. The van der Waals surface area contributed by atoms with Crippen molar-refractivity contribution in [1.82, 2.24) is 80.1 Å². The fourth-order valence-electron chi connectivity index (χ4n) is 9.45. The molecule has 15 N–H and O–H groups in total. The summed E-state index contributed by atoms with van der Waals surface area (Å²) in [6.45, 7) is -4.27. The molecule has 70 heteroatoms. The van der Waals surface area contributed by atoms with Crippen molar-refractivity contribution in [2.45, 2.75) is 73.6 Å². The van der Waals surface area contributed by atoms with E-state index in [1.165, 1.54) is 0 Å². The molecule has 100 heavy (non-hydrogen) atoms. The molecule has 0 saturated carbocycles. The number of H-pyrrole nitrogens is 3. The van der Waals surface area contributed by atoms with Crippen LogP contribution in [0.25, 0.3) is 33.5 Å². The Morgan fingerprint density at radius 1 is 0.450 bits per heavy atom. The van der Waals surface area contributed by atoms with Crippen LogP contribution in [0.5, 0.6) is 0 Å². The highest BCUT2D eigenvalue weighted by atomic mass is 31.3. The number of hydrogen-bond acceptors (Lipinski definition) is 55. The van der Waals surface area contributed by atoms with Gasteiger partial charge in [0.15, 0.2) is 52.2 Å². The zero-order valence-electron chi connectivity index (χ0n) is 47.2. The minimum absolute atomic E-state index is 0.241. The van der Waals surface area contributed by atoms with Gasteiger partial charge >= 0.3 is 70.4 Å². The maximum atomic E-state index is 14.9. The summed E-state index contributed by atoms with van der Waals surface area (Å²) in [5, 5.41) is 64.2. The molecule has 6 aromatic heterocycles. The van der Waals surface area contributed by atoms with Gasteiger partial charge < -0.3 is 62.1 Å². The zero-order chi connectivity index (χ0) is 71.0. The predicted molar refractivity (Wildman–Crippen MR) is 289 cm³/mol. The number of hydrogen-bond donors (Lipinski definition) is 12. The van der Waals surface area contributed by atoms with Crippen LogP contribution in [0, 0.1) is 0 Å². The maximum Gasteiger partial charge on any atom is 0.524 e. The van der Waals surface area contributed by atoms with E-state index < -0.39 is 209 Å².